The number of nitrogens with one attached hydrogen (secondary N) is 2. The highest BCUT2D eigenvalue weighted by Crippen LogP contribution is 2.20. The van der Waals surface area contributed by atoms with Gasteiger partial charge in [0.25, 0.3) is 0 Å². The number of pyridine rings is 1. The average Bonchev–Trinajstić information content (AvgIpc) is 2.87. The molecule has 0 aromatic carbocycles. The van der Waals surface area contributed by atoms with Gasteiger partial charge >= 0.3 is 0 Å². The zero-order chi connectivity index (χ0) is 13.7. The second-order valence-corrected chi connectivity index (χ2v) is 4.82. The SMILES string of the molecule is CCNc1cc(CN2CCCC2C(=O)NC)ccn1. The van der Waals surface area contributed by atoms with Gasteiger partial charge in [-0.3, -0.25) is 9.69 Å². The number of carbonyl (C=O) groups excluding carboxylic acids is 1. The zero-order valence-corrected chi connectivity index (χ0v) is 11.6. The van der Waals surface area contributed by atoms with E-state index in [4.69, 9.17) is 0 Å². The Morgan fingerprint density at radius 3 is 3.16 bits per heavy atom. The lowest BCUT2D eigenvalue weighted by Gasteiger charge is -2.23. The van der Waals surface area contributed by atoms with E-state index in [1.165, 1.54) is 5.56 Å². The first kappa shape index (κ1) is 13.8. The van der Waals surface area contributed by atoms with Crippen molar-refractivity contribution in [2.24, 2.45) is 0 Å². The molecular formula is C14H22N4O. The fourth-order valence-electron chi connectivity index (χ4n) is 2.56. The van der Waals surface area contributed by atoms with Crippen LogP contribution in [0.2, 0.25) is 0 Å². The van der Waals surface area contributed by atoms with Gasteiger partial charge in [0.05, 0.1) is 6.04 Å². The molecule has 5 nitrogen and oxygen atoms in total. The monoisotopic (exact) mass is 262 g/mol. The lowest BCUT2D eigenvalue weighted by atomic mass is 10.2. The van der Waals surface area contributed by atoms with Crippen LogP contribution in [0.3, 0.4) is 0 Å². The van der Waals surface area contributed by atoms with E-state index in [1.807, 2.05) is 12.3 Å². The fraction of sp³-hybridized carbons (Fsp3) is 0.571. The Balaban J connectivity index is 2.03. The third-order valence-corrected chi connectivity index (χ3v) is 3.48. The van der Waals surface area contributed by atoms with Crippen LogP contribution < -0.4 is 10.6 Å². The van der Waals surface area contributed by atoms with E-state index in [1.54, 1.807) is 7.05 Å². The third kappa shape index (κ3) is 3.44. The van der Waals surface area contributed by atoms with E-state index < -0.39 is 0 Å². The maximum atomic E-state index is 11.8. The molecule has 1 amide bonds. The number of nitrogens with zero attached hydrogens (tertiary/aromatic N) is 2. The van der Waals surface area contributed by atoms with Crippen molar-refractivity contribution in [3.8, 4) is 0 Å². The first-order chi connectivity index (χ1) is 9.24. The molecule has 0 spiro atoms. The Labute approximate surface area is 114 Å². The van der Waals surface area contributed by atoms with Gasteiger partial charge in [-0.15, -0.1) is 0 Å². The second-order valence-electron chi connectivity index (χ2n) is 4.82. The summed E-state index contributed by atoms with van der Waals surface area (Å²) in [5, 5.41) is 5.96. The van der Waals surface area contributed by atoms with Crippen molar-refractivity contribution in [1.82, 2.24) is 15.2 Å². The summed E-state index contributed by atoms with van der Waals surface area (Å²) in [5.41, 5.74) is 1.20. The maximum absolute atomic E-state index is 11.8. The van der Waals surface area contributed by atoms with Gasteiger partial charge in [-0.05, 0) is 44.0 Å². The molecule has 5 heteroatoms. The largest absolute Gasteiger partial charge is 0.370 e. The Kier molecular flexibility index (Phi) is 4.74. The van der Waals surface area contributed by atoms with Crippen molar-refractivity contribution in [2.45, 2.75) is 32.4 Å². The summed E-state index contributed by atoms with van der Waals surface area (Å²) in [6.45, 7) is 4.70. The van der Waals surface area contributed by atoms with Crippen molar-refractivity contribution in [2.75, 3.05) is 25.5 Å². The van der Waals surface area contributed by atoms with Crippen molar-refractivity contribution < 1.29 is 4.79 Å². The molecule has 0 aliphatic carbocycles. The number of carbonyl (C=O) groups is 1. The highest BCUT2D eigenvalue weighted by Gasteiger charge is 2.29. The van der Waals surface area contributed by atoms with Gasteiger partial charge in [0.1, 0.15) is 5.82 Å². The maximum Gasteiger partial charge on any atom is 0.237 e. The number of hydrogen-bond donors (Lipinski definition) is 2. The molecule has 1 aliphatic heterocycles. The number of hydrogen-bond acceptors (Lipinski definition) is 4. The number of likely N-dealkylation sites (tertiary alicyclic amines) is 1. The predicted molar refractivity (Wildman–Crippen MR) is 75.9 cm³/mol. The number of aromatic nitrogens is 1. The summed E-state index contributed by atoms with van der Waals surface area (Å²) in [4.78, 5) is 18.3. The number of rotatable bonds is 5. The fourth-order valence-corrected chi connectivity index (χ4v) is 2.56. The van der Waals surface area contributed by atoms with Crippen molar-refractivity contribution in [3.63, 3.8) is 0 Å². The van der Waals surface area contributed by atoms with E-state index >= 15 is 0 Å². The molecule has 0 saturated carbocycles. The van der Waals surface area contributed by atoms with Gasteiger partial charge in [-0.2, -0.15) is 0 Å². The van der Waals surface area contributed by atoms with Crippen molar-refractivity contribution in [1.29, 1.82) is 0 Å². The second kappa shape index (κ2) is 6.52. The summed E-state index contributed by atoms with van der Waals surface area (Å²) in [7, 11) is 1.70. The van der Waals surface area contributed by atoms with Crippen LogP contribution in [-0.2, 0) is 11.3 Å². The minimum Gasteiger partial charge on any atom is -0.370 e. The van der Waals surface area contributed by atoms with Crippen LogP contribution in [0, 0.1) is 0 Å². The molecule has 1 aromatic rings. The Bertz CT molecular complexity index is 435. The van der Waals surface area contributed by atoms with Crippen LogP contribution in [0.5, 0.6) is 0 Å². The third-order valence-electron chi connectivity index (χ3n) is 3.48. The number of anilines is 1. The highest BCUT2D eigenvalue weighted by molar-refractivity contribution is 5.81. The molecule has 2 heterocycles. The van der Waals surface area contributed by atoms with E-state index in [9.17, 15) is 4.79 Å². The Morgan fingerprint density at radius 2 is 2.42 bits per heavy atom. The van der Waals surface area contributed by atoms with Crippen LogP contribution in [0.15, 0.2) is 18.3 Å². The number of amides is 1. The highest BCUT2D eigenvalue weighted by atomic mass is 16.2. The first-order valence-corrected chi connectivity index (χ1v) is 6.89. The summed E-state index contributed by atoms with van der Waals surface area (Å²) in [6, 6.07) is 4.09. The van der Waals surface area contributed by atoms with Crippen LogP contribution in [0.25, 0.3) is 0 Å². The first-order valence-electron chi connectivity index (χ1n) is 6.89. The molecule has 1 aromatic heterocycles. The molecule has 1 saturated heterocycles. The lowest BCUT2D eigenvalue weighted by Crippen LogP contribution is -2.41. The minimum atomic E-state index is 0.0146. The van der Waals surface area contributed by atoms with E-state index in [0.717, 1.165) is 38.3 Å². The smallest absolute Gasteiger partial charge is 0.237 e. The molecule has 104 valence electrons. The molecule has 1 unspecified atom stereocenters. The van der Waals surface area contributed by atoms with Gasteiger partial charge in [0, 0.05) is 26.3 Å². The summed E-state index contributed by atoms with van der Waals surface area (Å²) in [6.07, 6.45) is 3.85. The van der Waals surface area contributed by atoms with Gasteiger partial charge in [-0.1, -0.05) is 0 Å². The van der Waals surface area contributed by atoms with Gasteiger partial charge in [-0.25, -0.2) is 4.98 Å². The van der Waals surface area contributed by atoms with Crippen LogP contribution in [0.1, 0.15) is 25.3 Å². The van der Waals surface area contributed by atoms with Gasteiger partial charge in [0.2, 0.25) is 5.91 Å². The van der Waals surface area contributed by atoms with Crippen LogP contribution in [-0.4, -0.2) is 42.0 Å². The molecule has 2 N–H and O–H groups in total. The quantitative estimate of drug-likeness (QED) is 0.838. The lowest BCUT2D eigenvalue weighted by molar-refractivity contribution is -0.125. The molecule has 19 heavy (non-hydrogen) atoms. The molecular weight excluding hydrogens is 240 g/mol. The van der Waals surface area contributed by atoms with Crippen LogP contribution >= 0.6 is 0 Å². The van der Waals surface area contributed by atoms with E-state index in [2.05, 4.69) is 33.5 Å². The Morgan fingerprint density at radius 1 is 1.58 bits per heavy atom. The van der Waals surface area contributed by atoms with Crippen LogP contribution in [0.4, 0.5) is 5.82 Å². The van der Waals surface area contributed by atoms with Crippen molar-refractivity contribution >= 4 is 11.7 Å². The Hall–Kier alpha value is -1.62. The summed E-state index contributed by atoms with van der Waals surface area (Å²) >= 11 is 0. The molecule has 0 radical (unpaired) electrons. The normalized spacial score (nSPS) is 19.4. The molecule has 1 atom stereocenters. The molecule has 2 rings (SSSR count). The topological polar surface area (TPSA) is 57.3 Å². The zero-order valence-electron chi connectivity index (χ0n) is 11.6. The number of likely N-dealkylation sites (N-methyl/N-ethyl adjacent to an activating group) is 1. The minimum absolute atomic E-state index is 0.0146. The summed E-state index contributed by atoms with van der Waals surface area (Å²) in [5.74, 6) is 1.02. The summed E-state index contributed by atoms with van der Waals surface area (Å²) < 4.78 is 0. The molecule has 1 fully saturated rings. The molecule has 1 aliphatic rings. The van der Waals surface area contributed by atoms with E-state index in [-0.39, 0.29) is 11.9 Å². The van der Waals surface area contributed by atoms with E-state index in [0.29, 0.717) is 0 Å². The standard InChI is InChI=1S/C14H22N4O/c1-3-16-13-9-11(6-7-17-13)10-18-8-4-5-12(18)14(19)15-2/h6-7,9,12H,3-5,8,10H2,1-2H3,(H,15,19)(H,16,17). The van der Waals surface area contributed by atoms with Gasteiger partial charge in [0.15, 0.2) is 0 Å². The molecule has 0 bridgehead atoms. The van der Waals surface area contributed by atoms with Gasteiger partial charge < -0.3 is 10.6 Å². The average molecular weight is 262 g/mol. The van der Waals surface area contributed by atoms with Crippen molar-refractivity contribution in [3.05, 3.63) is 23.9 Å². The predicted octanol–water partition coefficient (Wildman–Crippen LogP) is 1.22.